The van der Waals surface area contributed by atoms with E-state index in [0.29, 0.717) is 14.2 Å². The quantitative estimate of drug-likeness (QED) is 0.940. The number of aromatic nitrogens is 1. The van der Waals surface area contributed by atoms with Crippen molar-refractivity contribution in [2.75, 3.05) is 7.11 Å². The van der Waals surface area contributed by atoms with Crippen LogP contribution in [0.1, 0.15) is 17.2 Å². The number of aliphatic hydroxyl groups is 1. The van der Waals surface area contributed by atoms with Crippen molar-refractivity contribution in [2.24, 2.45) is 0 Å². The number of rotatable bonds is 3. The van der Waals surface area contributed by atoms with Crippen LogP contribution in [-0.4, -0.2) is 17.2 Å². The summed E-state index contributed by atoms with van der Waals surface area (Å²) in [4.78, 5) is 3.70. The highest BCUT2D eigenvalue weighted by atomic mass is 35.5. The van der Waals surface area contributed by atoms with Crippen LogP contribution in [0.25, 0.3) is 0 Å². The summed E-state index contributed by atoms with van der Waals surface area (Å²) in [5, 5.41) is 10.1. The fourth-order valence-corrected chi connectivity index (χ4v) is 3.02. The van der Waals surface area contributed by atoms with E-state index in [1.165, 1.54) is 25.4 Å². The molecule has 2 rings (SSSR count). The molecule has 0 aliphatic carbocycles. The van der Waals surface area contributed by atoms with Crippen LogP contribution in [0.5, 0.6) is 5.88 Å². The normalized spacial score (nSPS) is 12.5. The van der Waals surface area contributed by atoms with Gasteiger partial charge in [0.1, 0.15) is 10.4 Å². The van der Waals surface area contributed by atoms with Crippen molar-refractivity contribution in [1.29, 1.82) is 0 Å². The first-order valence-electron chi connectivity index (χ1n) is 4.85. The van der Waals surface area contributed by atoms with Crippen molar-refractivity contribution in [2.45, 2.75) is 6.10 Å². The molecule has 18 heavy (non-hydrogen) atoms. The van der Waals surface area contributed by atoms with Gasteiger partial charge in [-0.25, -0.2) is 9.37 Å². The van der Waals surface area contributed by atoms with Crippen molar-refractivity contribution < 1.29 is 14.2 Å². The van der Waals surface area contributed by atoms with E-state index in [-0.39, 0.29) is 11.4 Å². The lowest BCUT2D eigenvalue weighted by Gasteiger charge is -2.12. The highest BCUT2D eigenvalue weighted by molar-refractivity contribution is 7.20. The lowest BCUT2D eigenvalue weighted by molar-refractivity contribution is 0.213. The average molecular weight is 308 g/mol. The predicted octanol–water partition coefficient (Wildman–Crippen LogP) is 3.68. The van der Waals surface area contributed by atoms with Gasteiger partial charge in [0, 0.05) is 17.3 Å². The van der Waals surface area contributed by atoms with Crippen LogP contribution in [0, 0.1) is 5.82 Å². The molecule has 2 aromatic heterocycles. The smallest absolute Gasteiger partial charge is 0.250 e. The van der Waals surface area contributed by atoms with Crippen LogP contribution >= 0.6 is 34.5 Å². The van der Waals surface area contributed by atoms with E-state index in [4.69, 9.17) is 27.9 Å². The molecule has 0 aliphatic heterocycles. The molecule has 0 aliphatic rings. The Morgan fingerprint density at radius 2 is 2.17 bits per heavy atom. The molecule has 0 fully saturated rings. The Hall–Kier alpha value is -0.880. The number of hydrogen-bond acceptors (Lipinski definition) is 4. The number of hydrogen-bond donors (Lipinski definition) is 1. The van der Waals surface area contributed by atoms with Crippen LogP contribution in [0.4, 0.5) is 4.39 Å². The minimum atomic E-state index is -1.21. The Balaban J connectivity index is 2.46. The molecule has 0 amide bonds. The summed E-state index contributed by atoms with van der Waals surface area (Å²) < 4.78 is 19.4. The SMILES string of the molecule is COc1nccc(C(O)c2cc(Cl)sc2Cl)c1F. The van der Waals surface area contributed by atoms with Gasteiger partial charge in [-0.05, 0) is 12.1 Å². The van der Waals surface area contributed by atoms with Crippen molar-refractivity contribution >= 4 is 34.5 Å². The highest BCUT2D eigenvalue weighted by Crippen LogP contribution is 2.38. The monoisotopic (exact) mass is 307 g/mol. The number of pyridine rings is 1. The molecule has 0 bridgehead atoms. The molecular formula is C11H8Cl2FNO2S. The Morgan fingerprint density at radius 1 is 1.44 bits per heavy atom. The predicted molar refractivity (Wildman–Crippen MR) is 69.1 cm³/mol. The van der Waals surface area contributed by atoms with E-state index >= 15 is 0 Å². The van der Waals surface area contributed by atoms with Gasteiger partial charge in [0.05, 0.1) is 11.4 Å². The molecule has 3 nitrogen and oxygen atoms in total. The van der Waals surface area contributed by atoms with Gasteiger partial charge >= 0.3 is 0 Å². The third-order valence-electron chi connectivity index (χ3n) is 2.35. The molecule has 0 radical (unpaired) electrons. The number of thiophene rings is 1. The topological polar surface area (TPSA) is 42.4 Å². The zero-order valence-corrected chi connectivity index (χ0v) is 11.5. The average Bonchev–Trinajstić information content (AvgIpc) is 2.68. The van der Waals surface area contributed by atoms with Crippen molar-refractivity contribution in [3.05, 3.63) is 43.9 Å². The second kappa shape index (κ2) is 5.40. The highest BCUT2D eigenvalue weighted by Gasteiger charge is 2.22. The third kappa shape index (κ3) is 2.44. The summed E-state index contributed by atoms with van der Waals surface area (Å²) in [5.74, 6) is -0.894. The van der Waals surface area contributed by atoms with E-state index in [1.54, 1.807) is 0 Å². The Bertz CT molecular complexity index is 576. The first kappa shape index (κ1) is 13.5. The summed E-state index contributed by atoms with van der Waals surface area (Å²) >= 11 is 12.8. The first-order chi connectivity index (χ1) is 8.54. The summed E-state index contributed by atoms with van der Waals surface area (Å²) in [6.45, 7) is 0. The minimum absolute atomic E-state index is 0.0400. The Kier molecular flexibility index (Phi) is 4.07. The number of ether oxygens (including phenoxy) is 1. The zero-order chi connectivity index (χ0) is 13.3. The second-order valence-corrected chi connectivity index (χ2v) is 5.69. The molecule has 7 heteroatoms. The number of methoxy groups -OCH3 is 1. The van der Waals surface area contributed by atoms with Crippen LogP contribution < -0.4 is 4.74 Å². The molecule has 2 aromatic rings. The van der Waals surface area contributed by atoms with Gasteiger partial charge < -0.3 is 9.84 Å². The van der Waals surface area contributed by atoms with E-state index in [1.807, 2.05) is 0 Å². The molecule has 1 N–H and O–H groups in total. The molecule has 0 aromatic carbocycles. The fourth-order valence-electron chi connectivity index (χ4n) is 1.50. The third-order valence-corrected chi connectivity index (χ3v) is 3.87. The second-order valence-electron chi connectivity index (χ2n) is 3.41. The molecule has 0 saturated heterocycles. The maximum atomic E-state index is 13.9. The van der Waals surface area contributed by atoms with Crippen molar-refractivity contribution in [3.63, 3.8) is 0 Å². The molecule has 1 atom stereocenters. The van der Waals surface area contributed by atoms with Crippen LogP contribution in [0.15, 0.2) is 18.3 Å². The first-order valence-corrected chi connectivity index (χ1v) is 6.43. The van der Waals surface area contributed by atoms with E-state index in [0.717, 1.165) is 11.3 Å². The largest absolute Gasteiger partial charge is 0.479 e. The number of halogens is 3. The summed E-state index contributed by atoms with van der Waals surface area (Å²) in [7, 11) is 1.30. The minimum Gasteiger partial charge on any atom is -0.479 e. The molecule has 0 spiro atoms. The number of aliphatic hydroxyl groups excluding tert-OH is 1. The van der Waals surface area contributed by atoms with Gasteiger partial charge in [-0.1, -0.05) is 23.2 Å². The summed E-state index contributed by atoms with van der Waals surface area (Å²) in [6.07, 6.45) is 0.140. The van der Waals surface area contributed by atoms with E-state index in [9.17, 15) is 9.50 Å². The Morgan fingerprint density at radius 3 is 2.72 bits per heavy atom. The van der Waals surface area contributed by atoms with Crippen LogP contribution in [0.3, 0.4) is 0 Å². The summed E-state index contributed by atoms with van der Waals surface area (Å²) in [6, 6.07) is 2.87. The van der Waals surface area contributed by atoms with Gasteiger partial charge in [0.2, 0.25) is 5.88 Å². The molecule has 96 valence electrons. The number of nitrogens with zero attached hydrogens (tertiary/aromatic N) is 1. The standard InChI is InChI=1S/C11H8Cl2FNO2S/c1-17-11-8(14)5(2-3-15-11)9(16)6-4-7(12)18-10(6)13/h2-4,9,16H,1H3. The van der Waals surface area contributed by atoms with Gasteiger partial charge in [-0.3, -0.25) is 0 Å². The van der Waals surface area contributed by atoms with Gasteiger partial charge in [-0.2, -0.15) is 0 Å². The molecule has 0 saturated carbocycles. The van der Waals surface area contributed by atoms with Crippen molar-refractivity contribution in [3.8, 4) is 5.88 Å². The van der Waals surface area contributed by atoms with E-state index in [2.05, 4.69) is 4.98 Å². The van der Waals surface area contributed by atoms with Gasteiger partial charge in [-0.15, -0.1) is 11.3 Å². The van der Waals surface area contributed by atoms with Crippen LogP contribution in [0.2, 0.25) is 8.67 Å². The maximum Gasteiger partial charge on any atom is 0.250 e. The fraction of sp³-hybridized carbons (Fsp3) is 0.182. The van der Waals surface area contributed by atoms with Crippen LogP contribution in [-0.2, 0) is 0 Å². The zero-order valence-electron chi connectivity index (χ0n) is 9.15. The van der Waals surface area contributed by atoms with Gasteiger partial charge in [0.15, 0.2) is 5.82 Å². The summed E-state index contributed by atoms with van der Waals surface area (Å²) in [5.41, 5.74) is 0.400. The van der Waals surface area contributed by atoms with Crippen molar-refractivity contribution in [1.82, 2.24) is 4.98 Å². The van der Waals surface area contributed by atoms with E-state index < -0.39 is 11.9 Å². The molecule has 1 unspecified atom stereocenters. The molecular weight excluding hydrogens is 300 g/mol. The van der Waals surface area contributed by atoms with Gasteiger partial charge in [0.25, 0.3) is 0 Å². The lowest BCUT2D eigenvalue weighted by Crippen LogP contribution is -2.04. The Labute approximate surface area is 117 Å². The lowest BCUT2D eigenvalue weighted by atomic mass is 10.1. The maximum absolute atomic E-state index is 13.9. The molecule has 2 heterocycles.